The second-order valence-electron chi connectivity index (χ2n) is 6.59. The number of likely N-dealkylation sites (tertiary alicyclic amines) is 1. The molecular formula is C16H34N4O. The Morgan fingerprint density at radius 1 is 1.29 bits per heavy atom. The number of likely N-dealkylation sites (N-methyl/N-ethyl adjacent to an activating group) is 1. The molecule has 0 aromatic heterocycles. The topological polar surface area (TPSA) is 38.8 Å². The molecule has 1 heterocycles. The van der Waals surface area contributed by atoms with Gasteiger partial charge in [0.1, 0.15) is 0 Å². The maximum atomic E-state index is 12.7. The largest absolute Gasteiger partial charge is 0.338 e. The van der Waals surface area contributed by atoms with Crippen molar-refractivity contribution in [3.63, 3.8) is 0 Å². The lowest BCUT2D eigenvalue weighted by Crippen LogP contribution is -2.49. The summed E-state index contributed by atoms with van der Waals surface area (Å²) in [5.41, 5.74) is 0. The zero-order valence-electron chi connectivity index (χ0n) is 14.6. The summed E-state index contributed by atoms with van der Waals surface area (Å²) >= 11 is 0. The van der Waals surface area contributed by atoms with Crippen molar-refractivity contribution in [1.29, 1.82) is 0 Å². The van der Waals surface area contributed by atoms with Crippen molar-refractivity contribution in [2.45, 2.75) is 45.2 Å². The van der Waals surface area contributed by atoms with Crippen LogP contribution in [0.2, 0.25) is 0 Å². The van der Waals surface area contributed by atoms with Crippen molar-refractivity contribution < 1.29 is 4.79 Å². The second-order valence-corrected chi connectivity index (χ2v) is 6.59. The molecule has 0 radical (unpaired) electrons. The standard InChI is InChI=1S/C16H34N4O/c1-6-17-14(2)13-16(21)20(12-11-18(3)4)15-7-9-19(5)10-8-15/h14-15,17H,6-13H2,1-5H3. The number of hydrogen-bond acceptors (Lipinski definition) is 4. The van der Waals surface area contributed by atoms with Gasteiger partial charge in [0.2, 0.25) is 5.91 Å². The van der Waals surface area contributed by atoms with E-state index in [1.807, 2.05) is 0 Å². The molecule has 21 heavy (non-hydrogen) atoms. The first-order valence-corrected chi connectivity index (χ1v) is 8.30. The molecule has 0 saturated carbocycles. The Hall–Kier alpha value is -0.650. The third-order valence-corrected chi connectivity index (χ3v) is 4.27. The van der Waals surface area contributed by atoms with Crippen LogP contribution in [0.15, 0.2) is 0 Å². The summed E-state index contributed by atoms with van der Waals surface area (Å²) in [5.74, 6) is 0.305. The van der Waals surface area contributed by atoms with E-state index in [1.54, 1.807) is 0 Å². The van der Waals surface area contributed by atoms with E-state index in [4.69, 9.17) is 0 Å². The summed E-state index contributed by atoms with van der Waals surface area (Å²) in [5, 5.41) is 3.34. The first-order valence-electron chi connectivity index (χ1n) is 8.30. The number of nitrogens with zero attached hydrogens (tertiary/aromatic N) is 3. The van der Waals surface area contributed by atoms with E-state index in [1.165, 1.54) is 0 Å². The fourth-order valence-electron chi connectivity index (χ4n) is 2.93. The Kier molecular flexibility index (Phi) is 8.22. The lowest BCUT2D eigenvalue weighted by molar-refractivity contribution is -0.135. The molecule has 0 bridgehead atoms. The molecule has 1 rings (SSSR count). The highest BCUT2D eigenvalue weighted by Gasteiger charge is 2.27. The molecule has 1 aliphatic heterocycles. The summed E-state index contributed by atoms with van der Waals surface area (Å²) in [4.78, 5) is 19.3. The van der Waals surface area contributed by atoms with Gasteiger partial charge in [0.15, 0.2) is 0 Å². The highest BCUT2D eigenvalue weighted by atomic mass is 16.2. The molecule has 1 atom stereocenters. The molecule has 5 heteroatoms. The molecule has 124 valence electrons. The number of amides is 1. The minimum absolute atomic E-state index is 0.260. The minimum Gasteiger partial charge on any atom is -0.338 e. The number of piperidine rings is 1. The monoisotopic (exact) mass is 298 g/mol. The molecule has 0 aromatic carbocycles. The van der Waals surface area contributed by atoms with Crippen molar-refractivity contribution in [2.24, 2.45) is 0 Å². The number of carbonyl (C=O) groups is 1. The van der Waals surface area contributed by atoms with Crippen molar-refractivity contribution in [3.8, 4) is 0 Å². The van der Waals surface area contributed by atoms with E-state index in [0.717, 1.165) is 45.6 Å². The molecule has 1 amide bonds. The van der Waals surface area contributed by atoms with E-state index < -0.39 is 0 Å². The Bertz CT molecular complexity index is 301. The van der Waals surface area contributed by atoms with Gasteiger partial charge in [0.05, 0.1) is 0 Å². The van der Waals surface area contributed by atoms with Gasteiger partial charge in [-0.25, -0.2) is 0 Å². The van der Waals surface area contributed by atoms with Gasteiger partial charge in [-0.15, -0.1) is 0 Å². The quantitative estimate of drug-likeness (QED) is 0.721. The number of hydrogen-bond donors (Lipinski definition) is 1. The minimum atomic E-state index is 0.260. The van der Waals surface area contributed by atoms with Gasteiger partial charge in [0, 0.05) is 31.6 Å². The molecular weight excluding hydrogens is 264 g/mol. The maximum Gasteiger partial charge on any atom is 0.224 e. The average molecular weight is 298 g/mol. The van der Waals surface area contributed by atoms with Gasteiger partial charge in [-0.1, -0.05) is 6.92 Å². The van der Waals surface area contributed by atoms with Crippen LogP contribution in [0.3, 0.4) is 0 Å². The van der Waals surface area contributed by atoms with Crippen LogP contribution < -0.4 is 5.32 Å². The van der Waals surface area contributed by atoms with Gasteiger partial charge in [-0.2, -0.15) is 0 Å². The van der Waals surface area contributed by atoms with Crippen LogP contribution in [-0.4, -0.2) is 86.6 Å². The fourth-order valence-corrected chi connectivity index (χ4v) is 2.93. The van der Waals surface area contributed by atoms with Crippen LogP contribution in [-0.2, 0) is 4.79 Å². The molecule has 1 unspecified atom stereocenters. The summed E-state index contributed by atoms with van der Waals surface area (Å²) < 4.78 is 0. The highest BCUT2D eigenvalue weighted by molar-refractivity contribution is 5.77. The molecule has 1 saturated heterocycles. The average Bonchev–Trinajstić information content (AvgIpc) is 2.40. The predicted molar refractivity (Wildman–Crippen MR) is 88.5 cm³/mol. The van der Waals surface area contributed by atoms with Gasteiger partial charge in [-0.3, -0.25) is 4.79 Å². The fraction of sp³-hybridized carbons (Fsp3) is 0.938. The Labute approximate surface area is 130 Å². The summed E-state index contributed by atoms with van der Waals surface area (Å²) in [6.45, 7) is 9.08. The van der Waals surface area contributed by atoms with Crippen LogP contribution in [0.5, 0.6) is 0 Å². The molecule has 0 aliphatic carbocycles. The maximum absolute atomic E-state index is 12.7. The van der Waals surface area contributed by atoms with Gasteiger partial charge >= 0.3 is 0 Å². The van der Waals surface area contributed by atoms with E-state index in [2.05, 4.69) is 55.0 Å². The van der Waals surface area contributed by atoms with Gasteiger partial charge < -0.3 is 20.0 Å². The zero-order chi connectivity index (χ0) is 15.8. The Morgan fingerprint density at radius 3 is 2.43 bits per heavy atom. The predicted octanol–water partition coefficient (Wildman–Crippen LogP) is 0.859. The molecule has 0 aromatic rings. The number of nitrogens with one attached hydrogen (secondary N) is 1. The van der Waals surface area contributed by atoms with E-state index in [0.29, 0.717) is 18.4 Å². The Balaban J connectivity index is 2.60. The SMILES string of the molecule is CCNC(C)CC(=O)N(CCN(C)C)C1CCN(C)CC1. The second kappa shape index (κ2) is 9.38. The van der Waals surface area contributed by atoms with Crippen LogP contribution in [0.1, 0.15) is 33.1 Å². The van der Waals surface area contributed by atoms with Crippen molar-refractivity contribution in [1.82, 2.24) is 20.0 Å². The van der Waals surface area contributed by atoms with Crippen molar-refractivity contribution in [2.75, 3.05) is 53.9 Å². The highest BCUT2D eigenvalue weighted by Crippen LogP contribution is 2.17. The molecule has 1 aliphatic rings. The zero-order valence-corrected chi connectivity index (χ0v) is 14.6. The van der Waals surface area contributed by atoms with Crippen LogP contribution in [0, 0.1) is 0 Å². The molecule has 5 nitrogen and oxygen atoms in total. The lowest BCUT2D eigenvalue weighted by Gasteiger charge is -2.38. The first-order chi connectivity index (χ1) is 9.93. The van der Waals surface area contributed by atoms with E-state index in [-0.39, 0.29) is 6.04 Å². The number of rotatable bonds is 8. The van der Waals surface area contributed by atoms with Gasteiger partial charge in [-0.05, 0) is 60.5 Å². The molecule has 1 fully saturated rings. The molecule has 1 N–H and O–H groups in total. The van der Waals surface area contributed by atoms with E-state index in [9.17, 15) is 4.79 Å². The summed E-state index contributed by atoms with van der Waals surface area (Å²) in [6.07, 6.45) is 2.81. The van der Waals surface area contributed by atoms with Crippen molar-refractivity contribution >= 4 is 5.91 Å². The normalized spacial score (nSPS) is 19.0. The van der Waals surface area contributed by atoms with Crippen LogP contribution >= 0.6 is 0 Å². The van der Waals surface area contributed by atoms with Crippen molar-refractivity contribution in [3.05, 3.63) is 0 Å². The van der Waals surface area contributed by atoms with E-state index >= 15 is 0 Å². The van der Waals surface area contributed by atoms with Crippen LogP contribution in [0.4, 0.5) is 0 Å². The first kappa shape index (κ1) is 18.4. The third-order valence-electron chi connectivity index (χ3n) is 4.27. The summed E-state index contributed by atoms with van der Waals surface area (Å²) in [6, 6.07) is 0.679. The van der Waals surface area contributed by atoms with Crippen LogP contribution in [0.25, 0.3) is 0 Å². The smallest absolute Gasteiger partial charge is 0.224 e. The number of carbonyl (C=O) groups excluding carboxylic acids is 1. The molecule has 0 spiro atoms. The summed E-state index contributed by atoms with van der Waals surface area (Å²) in [7, 11) is 6.30. The third kappa shape index (κ3) is 6.76. The Morgan fingerprint density at radius 2 is 1.90 bits per heavy atom. The van der Waals surface area contributed by atoms with Gasteiger partial charge in [0.25, 0.3) is 0 Å². The lowest BCUT2D eigenvalue weighted by atomic mass is 10.0.